The quantitative estimate of drug-likeness (QED) is 0.748. The average molecular weight is 410 g/mol. The van der Waals surface area contributed by atoms with Crippen LogP contribution >= 0.6 is 0 Å². The molecule has 2 aliphatic rings. The maximum absolute atomic E-state index is 11.6. The molecule has 0 bridgehead atoms. The third-order valence-corrected chi connectivity index (χ3v) is 6.25. The summed E-state index contributed by atoms with van der Waals surface area (Å²) in [7, 11) is 3.39. The van der Waals surface area contributed by atoms with Gasteiger partial charge in [0.15, 0.2) is 11.5 Å². The number of anilines is 2. The Morgan fingerprint density at radius 2 is 1.77 bits per heavy atom. The number of hydrogen-bond acceptors (Lipinski definition) is 5. The van der Waals surface area contributed by atoms with Gasteiger partial charge < -0.3 is 20.1 Å². The molecule has 6 heteroatoms. The van der Waals surface area contributed by atoms with E-state index in [1.807, 2.05) is 31.2 Å². The summed E-state index contributed by atoms with van der Waals surface area (Å²) in [6.07, 6.45) is 3.71. The van der Waals surface area contributed by atoms with Gasteiger partial charge in [0.2, 0.25) is 5.91 Å². The summed E-state index contributed by atoms with van der Waals surface area (Å²) in [5.74, 6) is 1.65. The molecule has 1 fully saturated rings. The fourth-order valence-corrected chi connectivity index (χ4v) is 4.60. The van der Waals surface area contributed by atoms with Gasteiger partial charge in [0.25, 0.3) is 0 Å². The van der Waals surface area contributed by atoms with Gasteiger partial charge in [-0.1, -0.05) is 6.92 Å². The largest absolute Gasteiger partial charge is 0.493 e. The number of amides is 1. The molecule has 0 saturated carbocycles. The van der Waals surface area contributed by atoms with Gasteiger partial charge in [-0.15, -0.1) is 0 Å². The number of fused-ring (bicyclic) bond motifs is 3. The van der Waals surface area contributed by atoms with Crippen molar-refractivity contribution in [2.45, 2.75) is 44.7 Å². The number of ether oxygens (including phenoxy) is 2. The van der Waals surface area contributed by atoms with Crippen LogP contribution in [-0.2, 0) is 11.2 Å². The number of benzene rings is 2. The van der Waals surface area contributed by atoms with Crippen LogP contribution in [0.25, 0.3) is 0 Å². The first kappa shape index (κ1) is 20.5. The monoisotopic (exact) mass is 409 g/mol. The average Bonchev–Trinajstić information content (AvgIpc) is 2.79. The molecule has 160 valence electrons. The molecule has 2 atom stereocenters. The van der Waals surface area contributed by atoms with E-state index in [0.29, 0.717) is 18.5 Å². The van der Waals surface area contributed by atoms with E-state index >= 15 is 0 Å². The second kappa shape index (κ2) is 8.96. The second-order valence-electron chi connectivity index (χ2n) is 8.05. The van der Waals surface area contributed by atoms with Crippen molar-refractivity contribution in [3.05, 3.63) is 47.5 Å². The Morgan fingerprint density at radius 3 is 2.47 bits per heavy atom. The van der Waals surface area contributed by atoms with Crippen LogP contribution in [0.1, 0.15) is 43.4 Å². The lowest BCUT2D eigenvalue weighted by Crippen LogP contribution is -2.44. The first-order valence-electron chi connectivity index (χ1n) is 10.8. The van der Waals surface area contributed by atoms with Crippen LogP contribution < -0.4 is 20.1 Å². The van der Waals surface area contributed by atoms with Gasteiger partial charge in [0, 0.05) is 43.0 Å². The Kier molecular flexibility index (Phi) is 6.13. The predicted octanol–water partition coefficient (Wildman–Crippen LogP) is 4.23. The molecule has 6 nitrogen and oxygen atoms in total. The summed E-state index contributed by atoms with van der Waals surface area (Å²) in [4.78, 5) is 14.1. The van der Waals surface area contributed by atoms with Gasteiger partial charge in [-0.25, -0.2) is 0 Å². The summed E-state index contributed by atoms with van der Waals surface area (Å²) >= 11 is 0. The highest BCUT2D eigenvalue weighted by atomic mass is 16.5. The molecule has 4 rings (SSSR count). The smallest absolute Gasteiger partial charge is 0.224 e. The summed E-state index contributed by atoms with van der Waals surface area (Å²) in [6, 6.07) is 13.1. The van der Waals surface area contributed by atoms with E-state index in [2.05, 4.69) is 27.7 Å². The Hall–Kier alpha value is -2.73. The van der Waals surface area contributed by atoms with Crippen LogP contribution in [0.15, 0.2) is 36.4 Å². The van der Waals surface area contributed by atoms with Crippen LogP contribution in [0.5, 0.6) is 11.5 Å². The van der Waals surface area contributed by atoms with Crippen molar-refractivity contribution in [2.75, 3.05) is 37.9 Å². The van der Waals surface area contributed by atoms with E-state index in [1.54, 1.807) is 14.2 Å². The first-order chi connectivity index (χ1) is 14.6. The number of piperidine rings is 1. The van der Waals surface area contributed by atoms with Gasteiger partial charge in [-0.05, 0) is 66.8 Å². The van der Waals surface area contributed by atoms with Gasteiger partial charge in [-0.2, -0.15) is 0 Å². The highest BCUT2D eigenvalue weighted by molar-refractivity contribution is 5.90. The zero-order valence-corrected chi connectivity index (χ0v) is 18.0. The summed E-state index contributed by atoms with van der Waals surface area (Å²) in [6.45, 7) is 4.03. The summed E-state index contributed by atoms with van der Waals surface area (Å²) < 4.78 is 11.1. The molecule has 2 aromatic carbocycles. The zero-order valence-electron chi connectivity index (χ0n) is 18.0. The molecule has 0 aromatic heterocycles. The molecule has 0 spiro atoms. The molecular formula is C24H31N3O3. The summed E-state index contributed by atoms with van der Waals surface area (Å²) in [5, 5.41) is 6.59. The maximum atomic E-state index is 11.6. The molecule has 2 heterocycles. The Bertz CT molecular complexity index is 897. The van der Waals surface area contributed by atoms with E-state index in [0.717, 1.165) is 55.2 Å². The van der Waals surface area contributed by atoms with Crippen molar-refractivity contribution in [3.63, 3.8) is 0 Å². The van der Waals surface area contributed by atoms with Crippen LogP contribution in [0, 0.1) is 0 Å². The second-order valence-corrected chi connectivity index (χ2v) is 8.05. The lowest BCUT2D eigenvalue weighted by molar-refractivity contribution is -0.115. The van der Waals surface area contributed by atoms with E-state index < -0.39 is 0 Å². The number of carbonyl (C=O) groups is 1. The fraction of sp³-hybridized carbons (Fsp3) is 0.458. The van der Waals surface area contributed by atoms with Crippen LogP contribution in [-0.4, -0.2) is 44.2 Å². The predicted molar refractivity (Wildman–Crippen MR) is 120 cm³/mol. The molecule has 2 N–H and O–H groups in total. The van der Waals surface area contributed by atoms with Crippen molar-refractivity contribution >= 4 is 17.3 Å². The van der Waals surface area contributed by atoms with Gasteiger partial charge in [-0.3, -0.25) is 9.69 Å². The minimum absolute atomic E-state index is 0.0334. The Morgan fingerprint density at radius 1 is 1.07 bits per heavy atom. The van der Waals surface area contributed by atoms with E-state index in [9.17, 15) is 4.79 Å². The normalized spacial score (nSPS) is 20.6. The van der Waals surface area contributed by atoms with E-state index in [4.69, 9.17) is 9.47 Å². The van der Waals surface area contributed by atoms with Crippen molar-refractivity contribution in [3.8, 4) is 11.5 Å². The SMILES string of the molecule is CCC(=O)Nc1ccc(NC2CCN3CCc4cc(OC)c(OC)cc4C3C2)cc1. The molecule has 2 unspecified atom stereocenters. The zero-order chi connectivity index (χ0) is 21.1. The molecular weight excluding hydrogens is 378 g/mol. The number of nitrogens with one attached hydrogen (secondary N) is 2. The number of nitrogens with zero attached hydrogens (tertiary/aromatic N) is 1. The van der Waals surface area contributed by atoms with E-state index in [1.165, 1.54) is 11.1 Å². The molecule has 0 radical (unpaired) electrons. The first-order valence-corrected chi connectivity index (χ1v) is 10.8. The number of carbonyl (C=O) groups excluding carboxylic acids is 1. The Balaban J connectivity index is 1.47. The van der Waals surface area contributed by atoms with Crippen LogP contribution in [0.4, 0.5) is 11.4 Å². The molecule has 30 heavy (non-hydrogen) atoms. The molecule has 1 saturated heterocycles. The lowest BCUT2D eigenvalue weighted by Gasteiger charge is -2.44. The van der Waals surface area contributed by atoms with E-state index in [-0.39, 0.29) is 5.91 Å². The Labute approximate surface area is 178 Å². The third kappa shape index (κ3) is 4.24. The van der Waals surface area contributed by atoms with Crippen LogP contribution in [0.2, 0.25) is 0 Å². The minimum atomic E-state index is 0.0334. The molecule has 2 aromatic rings. The lowest BCUT2D eigenvalue weighted by atomic mass is 9.84. The summed E-state index contributed by atoms with van der Waals surface area (Å²) in [5.41, 5.74) is 4.66. The molecule has 1 amide bonds. The van der Waals surface area contributed by atoms with Crippen molar-refractivity contribution in [1.82, 2.24) is 4.90 Å². The number of methoxy groups -OCH3 is 2. The number of rotatable bonds is 6. The third-order valence-electron chi connectivity index (χ3n) is 6.25. The highest BCUT2D eigenvalue weighted by Crippen LogP contribution is 2.42. The number of hydrogen-bond donors (Lipinski definition) is 2. The topological polar surface area (TPSA) is 62.8 Å². The van der Waals surface area contributed by atoms with Gasteiger partial charge >= 0.3 is 0 Å². The van der Waals surface area contributed by atoms with Crippen molar-refractivity contribution in [2.24, 2.45) is 0 Å². The minimum Gasteiger partial charge on any atom is -0.493 e. The van der Waals surface area contributed by atoms with Crippen LogP contribution in [0.3, 0.4) is 0 Å². The standard InChI is InChI=1S/C24H31N3O3/c1-4-24(28)26-18-7-5-17(6-8-18)25-19-10-12-27-11-9-16-13-22(29-2)23(30-3)15-20(16)21(27)14-19/h5-8,13,15,19,21,25H,4,9-12,14H2,1-3H3,(H,26,28). The van der Waals surface area contributed by atoms with Crippen molar-refractivity contribution in [1.29, 1.82) is 0 Å². The molecule has 2 aliphatic heterocycles. The van der Waals surface area contributed by atoms with Gasteiger partial charge in [0.05, 0.1) is 14.2 Å². The van der Waals surface area contributed by atoms with Gasteiger partial charge in [0.1, 0.15) is 0 Å². The fourth-order valence-electron chi connectivity index (χ4n) is 4.60. The maximum Gasteiger partial charge on any atom is 0.224 e. The van der Waals surface area contributed by atoms with Crippen molar-refractivity contribution < 1.29 is 14.3 Å². The highest BCUT2D eigenvalue weighted by Gasteiger charge is 2.34. The molecule has 0 aliphatic carbocycles.